The van der Waals surface area contributed by atoms with Crippen LogP contribution in [0.1, 0.15) is 25.8 Å². The summed E-state index contributed by atoms with van der Waals surface area (Å²) in [6.07, 6.45) is 1.24. The van der Waals surface area contributed by atoms with Gasteiger partial charge in [0.2, 0.25) is 0 Å². The lowest BCUT2D eigenvalue weighted by atomic mass is 10.1. The Kier molecular flexibility index (Phi) is 6.90. The standard InChI is InChI=1S/C24H27NO3/c1-3-27-21-15-13-19(14-16-21)8-7-17-25-24(26)18(2)28-23-12-6-10-20-9-4-5-11-22(20)23/h4-6,9-16,18H,3,7-8,17H2,1-2H3,(H,25,26)/t18-/m1/s1. The van der Waals surface area contributed by atoms with Crippen LogP contribution in [0.4, 0.5) is 0 Å². The fourth-order valence-corrected chi connectivity index (χ4v) is 3.11. The maximum absolute atomic E-state index is 12.4. The van der Waals surface area contributed by atoms with Gasteiger partial charge >= 0.3 is 0 Å². The van der Waals surface area contributed by atoms with Gasteiger partial charge in [-0.1, -0.05) is 48.5 Å². The Balaban J connectivity index is 1.45. The SMILES string of the molecule is CCOc1ccc(CCCNC(=O)[C@@H](C)Oc2cccc3ccccc23)cc1. The molecule has 4 nitrogen and oxygen atoms in total. The summed E-state index contributed by atoms with van der Waals surface area (Å²) in [6.45, 7) is 5.05. The van der Waals surface area contributed by atoms with Crippen molar-refractivity contribution < 1.29 is 14.3 Å². The van der Waals surface area contributed by atoms with Gasteiger partial charge in [-0.15, -0.1) is 0 Å². The smallest absolute Gasteiger partial charge is 0.260 e. The summed E-state index contributed by atoms with van der Waals surface area (Å²) in [5.74, 6) is 1.52. The van der Waals surface area contributed by atoms with E-state index in [1.165, 1.54) is 5.56 Å². The fraction of sp³-hybridized carbons (Fsp3) is 0.292. The lowest BCUT2D eigenvalue weighted by Gasteiger charge is -2.16. The molecule has 0 saturated heterocycles. The van der Waals surface area contributed by atoms with Gasteiger partial charge in [-0.05, 0) is 55.8 Å². The van der Waals surface area contributed by atoms with Gasteiger partial charge in [0.15, 0.2) is 6.10 Å². The monoisotopic (exact) mass is 377 g/mol. The molecular weight excluding hydrogens is 350 g/mol. The number of amides is 1. The largest absolute Gasteiger partial charge is 0.494 e. The first-order chi connectivity index (χ1) is 13.7. The first-order valence-electron chi connectivity index (χ1n) is 9.81. The van der Waals surface area contributed by atoms with E-state index in [1.54, 1.807) is 6.92 Å². The van der Waals surface area contributed by atoms with Gasteiger partial charge in [0.05, 0.1) is 6.61 Å². The highest BCUT2D eigenvalue weighted by atomic mass is 16.5. The van der Waals surface area contributed by atoms with E-state index in [1.807, 2.05) is 61.5 Å². The number of hydrogen-bond acceptors (Lipinski definition) is 3. The van der Waals surface area contributed by atoms with E-state index >= 15 is 0 Å². The second-order valence-corrected chi connectivity index (χ2v) is 6.71. The molecule has 0 aliphatic heterocycles. The number of rotatable bonds is 9. The third-order valence-corrected chi connectivity index (χ3v) is 4.60. The van der Waals surface area contributed by atoms with Crippen molar-refractivity contribution in [1.29, 1.82) is 0 Å². The van der Waals surface area contributed by atoms with Crippen LogP contribution in [0.5, 0.6) is 11.5 Å². The molecule has 3 aromatic rings. The quantitative estimate of drug-likeness (QED) is 0.547. The molecule has 0 radical (unpaired) electrons. The van der Waals surface area contributed by atoms with E-state index in [2.05, 4.69) is 17.4 Å². The highest BCUT2D eigenvalue weighted by Crippen LogP contribution is 2.26. The molecule has 3 rings (SSSR count). The Bertz CT molecular complexity index is 900. The highest BCUT2D eigenvalue weighted by molar-refractivity contribution is 5.89. The number of carbonyl (C=O) groups is 1. The van der Waals surface area contributed by atoms with Crippen LogP contribution in [0.2, 0.25) is 0 Å². The molecule has 1 N–H and O–H groups in total. The average Bonchev–Trinajstić information content (AvgIpc) is 2.72. The third-order valence-electron chi connectivity index (χ3n) is 4.60. The third kappa shape index (κ3) is 5.26. The molecular formula is C24H27NO3. The van der Waals surface area contributed by atoms with Crippen LogP contribution >= 0.6 is 0 Å². The summed E-state index contributed by atoms with van der Waals surface area (Å²) in [5.41, 5.74) is 1.23. The Hall–Kier alpha value is -3.01. The van der Waals surface area contributed by atoms with Crippen molar-refractivity contribution in [3.05, 3.63) is 72.3 Å². The first kappa shape index (κ1) is 19.7. The van der Waals surface area contributed by atoms with Crippen LogP contribution in [0.15, 0.2) is 66.7 Å². The van der Waals surface area contributed by atoms with E-state index < -0.39 is 6.10 Å². The molecule has 0 aliphatic rings. The molecule has 0 bridgehead atoms. The molecule has 4 heteroatoms. The predicted octanol–water partition coefficient (Wildman–Crippen LogP) is 4.75. The maximum atomic E-state index is 12.4. The molecule has 0 aliphatic carbocycles. The zero-order valence-corrected chi connectivity index (χ0v) is 16.5. The van der Waals surface area contributed by atoms with Gasteiger partial charge < -0.3 is 14.8 Å². The zero-order chi connectivity index (χ0) is 19.8. The number of carbonyl (C=O) groups excluding carboxylic acids is 1. The summed E-state index contributed by atoms with van der Waals surface area (Å²) in [4.78, 5) is 12.4. The van der Waals surface area contributed by atoms with Crippen molar-refractivity contribution in [3.8, 4) is 11.5 Å². The van der Waals surface area contributed by atoms with E-state index in [9.17, 15) is 4.79 Å². The number of ether oxygens (including phenoxy) is 2. The number of hydrogen-bond donors (Lipinski definition) is 1. The molecule has 0 heterocycles. The maximum Gasteiger partial charge on any atom is 0.260 e. The second-order valence-electron chi connectivity index (χ2n) is 6.71. The minimum atomic E-state index is -0.545. The van der Waals surface area contributed by atoms with Crippen LogP contribution in [-0.4, -0.2) is 25.2 Å². The Labute approximate surface area is 166 Å². The number of nitrogens with one attached hydrogen (secondary N) is 1. The van der Waals surface area contributed by atoms with Crippen LogP contribution in [0.25, 0.3) is 10.8 Å². The minimum Gasteiger partial charge on any atom is -0.494 e. The molecule has 0 aromatic heterocycles. The van der Waals surface area contributed by atoms with E-state index in [0.717, 1.165) is 35.1 Å². The second kappa shape index (κ2) is 9.79. The van der Waals surface area contributed by atoms with Gasteiger partial charge in [-0.3, -0.25) is 4.79 Å². The summed E-state index contributed by atoms with van der Waals surface area (Å²) >= 11 is 0. The van der Waals surface area contributed by atoms with Gasteiger partial charge in [0.25, 0.3) is 5.91 Å². The summed E-state index contributed by atoms with van der Waals surface area (Å²) in [6, 6.07) is 22.0. The number of benzene rings is 3. The molecule has 0 saturated carbocycles. The van der Waals surface area contributed by atoms with Crippen molar-refractivity contribution in [1.82, 2.24) is 5.32 Å². The van der Waals surface area contributed by atoms with Crippen LogP contribution in [-0.2, 0) is 11.2 Å². The molecule has 28 heavy (non-hydrogen) atoms. The van der Waals surface area contributed by atoms with Gasteiger partial charge in [-0.2, -0.15) is 0 Å². The topological polar surface area (TPSA) is 47.6 Å². The fourth-order valence-electron chi connectivity index (χ4n) is 3.11. The summed E-state index contributed by atoms with van der Waals surface area (Å²) in [7, 11) is 0. The molecule has 3 aromatic carbocycles. The zero-order valence-electron chi connectivity index (χ0n) is 16.5. The van der Waals surface area contributed by atoms with E-state index in [-0.39, 0.29) is 5.91 Å². The number of aryl methyl sites for hydroxylation is 1. The Morgan fingerprint density at radius 2 is 1.75 bits per heavy atom. The Morgan fingerprint density at radius 1 is 1.00 bits per heavy atom. The van der Waals surface area contributed by atoms with Gasteiger partial charge in [-0.25, -0.2) is 0 Å². The first-order valence-corrected chi connectivity index (χ1v) is 9.81. The number of fused-ring (bicyclic) bond motifs is 1. The van der Waals surface area contributed by atoms with Gasteiger partial charge in [0.1, 0.15) is 11.5 Å². The van der Waals surface area contributed by atoms with Crippen LogP contribution in [0, 0.1) is 0 Å². The summed E-state index contributed by atoms with van der Waals surface area (Å²) in [5, 5.41) is 5.08. The molecule has 1 amide bonds. The van der Waals surface area contributed by atoms with E-state index in [0.29, 0.717) is 13.2 Å². The normalized spacial score (nSPS) is 11.8. The predicted molar refractivity (Wildman–Crippen MR) is 113 cm³/mol. The van der Waals surface area contributed by atoms with Gasteiger partial charge in [0, 0.05) is 11.9 Å². The van der Waals surface area contributed by atoms with Crippen molar-refractivity contribution in [2.24, 2.45) is 0 Å². The summed E-state index contributed by atoms with van der Waals surface area (Å²) < 4.78 is 11.4. The lowest BCUT2D eigenvalue weighted by molar-refractivity contribution is -0.127. The highest BCUT2D eigenvalue weighted by Gasteiger charge is 2.15. The minimum absolute atomic E-state index is 0.0976. The molecule has 1 atom stereocenters. The van der Waals surface area contributed by atoms with Crippen LogP contribution in [0.3, 0.4) is 0 Å². The van der Waals surface area contributed by atoms with E-state index in [4.69, 9.17) is 9.47 Å². The van der Waals surface area contributed by atoms with Crippen molar-refractivity contribution in [2.75, 3.05) is 13.2 Å². The average molecular weight is 377 g/mol. The molecule has 0 unspecified atom stereocenters. The molecule has 0 spiro atoms. The Morgan fingerprint density at radius 3 is 2.54 bits per heavy atom. The van der Waals surface area contributed by atoms with Crippen molar-refractivity contribution >= 4 is 16.7 Å². The van der Waals surface area contributed by atoms with Crippen molar-refractivity contribution in [2.45, 2.75) is 32.8 Å². The molecule has 146 valence electrons. The molecule has 0 fully saturated rings. The van der Waals surface area contributed by atoms with Crippen LogP contribution < -0.4 is 14.8 Å². The van der Waals surface area contributed by atoms with Crippen molar-refractivity contribution in [3.63, 3.8) is 0 Å². The lowest BCUT2D eigenvalue weighted by Crippen LogP contribution is -2.37.